The summed E-state index contributed by atoms with van der Waals surface area (Å²) in [5.74, 6) is -0.976. The van der Waals surface area contributed by atoms with Crippen LogP contribution in [0, 0.1) is 0 Å². The van der Waals surface area contributed by atoms with Crippen LogP contribution in [0.2, 0.25) is 0 Å². The molecule has 0 spiro atoms. The number of allylic oxidation sites excluding steroid dienone is 18. The van der Waals surface area contributed by atoms with Crippen LogP contribution < -0.4 is 0 Å². The van der Waals surface area contributed by atoms with Crippen molar-refractivity contribution in [2.75, 3.05) is 13.2 Å². The van der Waals surface area contributed by atoms with Crippen molar-refractivity contribution in [1.82, 2.24) is 0 Å². The molecule has 0 heterocycles. The van der Waals surface area contributed by atoms with E-state index in [0.717, 1.165) is 103 Å². The van der Waals surface area contributed by atoms with Gasteiger partial charge in [-0.15, -0.1) is 0 Å². The maximum absolute atomic E-state index is 12.8. The van der Waals surface area contributed by atoms with Gasteiger partial charge in [0.25, 0.3) is 0 Å². The van der Waals surface area contributed by atoms with Crippen molar-refractivity contribution in [1.29, 1.82) is 0 Å². The van der Waals surface area contributed by atoms with Crippen LogP contribution in [0.4, 0.5) is 0 Å². The second-order valence-electron chi connectivity index (χ2n) is 16.8. The molecular formula is C58H94O6. The van der Waals surface area contributed by atoms with Crippen molar-refractivity contribution in [3.05, 3.63) is 109 Å². The SMILES string of the molecule is CC\C=C/C=C\C=C/C=C\CCCCCC(=O)OCC(COC(=O)CCCCCCCCCCCC/C=C\C=C/CCCCC)OC(=O)CCCCCC/C=C\C/C=C\C/C=C\CC. The second-order valence-corrected chi connectivity index (χ2v) is 16.8. The summed E-state index contributed by atoms with van der Waals surface area (Å²) in [4.78, 5) is 38.0. The van der Waals surface area contributed by atoms with E-state index >= 15 is 0 Å². The summed E-state index contributed by atoms with van der Waals surface area (Å²) in [5, 5.41) is 0. The molecule has 6 nitrogen and oxygen atoms in total. The Morgan fingerprint density at radius 2 is 0.688 bits per heavy atom. The zero-order valence-corrected chi connectivity index (χ0v) is 41.3. The Kier molecular flexibility index (Phi) is 48.5. The van der Waals surface area contributed by atoms with Gasteiger partial charge in [-0.1, -0.05) is 214 Å². The van der Waals surface area contributed by atoms with Gasteiger partial charge in [0.2, 0.25) is 0 Å². The van der Waals surface area contributed by atoms with E-state index in [9.17, 15) is 14.4 Å². The standard InChI is InChI=1S/C58H94O6/c1-4-7-10-13-16-19-22-25-27-28-29-30-31-34-36-39-42-45-48-51-57(60)63-54-55(53-62-56(59)50-47-44-41-38-35-32-24-21-18-15-12-9-6-3)64-58(61)52-49-46-43-40-37-33-26-23-20-17-14-11-8-5-2/h8-9,11-12,15-22,24-26,32-33,35,55H,4-7,10,13-14,23,27-31,34,36-54H2,1-3H3/b11-8-,12-9-,18-15-,19-16-,20-17-,24-21-,25-22-,33-26-,35-32-. The molecular weight excluding hydrogens is 793 g/mol. The summed E-state index contributed by atoms with van der Waals surface area (Å²) in [6, 6.07) is 0. The first-order chi connectivity index (χ1) is 31.5. The first-order valence-corrected chi connectivity index (χ1v) is 26.0. The number of ether oxygens (including phenoxy) is 3. The van der Waals surface area contributed by atoms with Gasteiger partial charge in [0, 0.05) is 19.3 Å². The molecule has 0 N–H and O–H groups in total. The molecule has 0 aromatic rings. The van der Waals surface area contributed by atoms with Gasteiger partial charge in [-0.05, 0) is 96.3 Å². The minimum atomic E-state index is -0.809. The highest BCUT2D eigenvalue weighted by molar-refractivity contribution is 5.71. The molecule has 64 heavy (non-hydrogen) atoms. The molecule has 0 radical (unpaired) electrons. The quantitative estimate of drug-likeness (QED) is 0.0199. The predicted molar refractivity (Wildman–Crippen MR) is 274 cm³/mol. The van der Waals surface area contributed by atoms with Crippen molar-refractivity contribution >= 4 is 17.9 Å². The highest BCUT2D eigenvalue weighted by Gasteiger charge is 2.19. The van der Waals surface area contributed by atoms with E-state index in [-0.39, 0.29) is 37.5 Å². The Labute approximate surface area is 393 Å². The van der Waals surface area contributed by atoms with E-state index in [1.165, 1.54) is 77.0 Å². The maximum Gasteiger partial charge on any atom is 0.306 e. The van der Waals surface area contributed by atoms with Gasteiger partial charge in [0.05, 0.1) is 0 Å². The molecule has 1 unspecified atom stereocenters. The van der Waals surface area contributed by atoms with Crippen molar-refractivity contribution in [2.24, 2.45) is 0 Å². The molecule has 0 aromatic carbocycles. The summed E-state index contributed by atoms with van der Waals surface area (Å²) in [5.41, 5.74) is 0. The number of rotatable bonds is 45. The molecule has 6 heteroatoms. The molecule has 0 aliphatic heterocycles. The van der Waals surface area contributed by atoms with Gasteiger partial charge in [0.1, 0.15) is 13.2 Å². The van der Waals surface area contributed by atoms with Crippen LogP contribution in [0.5, 0.6) is 0 Å². The van der Waals surface area contributed by atoms with Gasteiger partial charge in [0.15, 0.2) is 6.10 Å². The largest absolute Gasteiger partial charge is 0.462 e. The van der Waals surface area contributed by atoms with Crippen LogP contribution in [0.3, 0.4) is 0 Å². The Morgan fingerprint density at radius 3 is 1.17 bits per heavy atom. The van der Waals surface area contributed by atoms with E-state index in [4.69, 9.17) is 14.2 Å². The van der Waals surface area contributed by atoms with Gasteiger partial charge in [-0.25, -0.2) is 0 Å². The lowest BCUT2D eigenvalue weighted by Crippen LogP contribution is -2.30. The van der Waals surface area contributed by atoms with Crippen molar-refractivity contribution in [3.63, 3.8) is 0 Å². The third-order valence-electron chi connectivity index (χ3n) is 10.6. The summed E-state index contributed by atoms with van der Waals surface area (Å²) in [6.45, 7) is 6.29. The van der Waals surface area contributed by atoms with Gasteiger partial charge < -0.3 is 14.2 Å². The van der Waals surface area contributed by atoms with E-state index in [2.05, 4.69) is 93.7 Å². The lowest BCUT2D eigenvalue weighted by Gasteiger charge is -2.18. The number of hydrogen-bond donors (Lipinski definition) is 0. The summed E-state index contributed by atoms with van der Waals surface area (Å²) in [7, 11) is 0. The molecule has 0 bridgehead atoms. The van der Waals surface area contributed by atoms with Crippen molar-refractivity contribution in [2.45, 2.75) is 226 Å². The molecule has 0 aromatic heterocycles. The first kappa shape index (κ1) is 60.1. The fourth-order valence-electron chi connectivity index (χ4n) is 6.75. The first-order valence-electron chi connectivity index (χ1n) is 26.0. The fraction of sp³-hybridized carbons (Fsp3) is 0.638. The highest BCUT2D eigenvalue weighted by Crippen LogP contribution is 2.14. The second kappa shape index (κ2) is 51.7. The van der Waals surface area contributed by atoms with Crippen LogP contribution in [0.25, 0.3) is 0 Å². The molecule has 0 saturated heterocycles. The molecule has 362 valence electrons. The van der Waals surface area contributed by atoms with E-state index in [0.29, 0.717) is 12.8 Å². The van der Waals surface area contributed by atoms with E-state index in [1.807, 2.05) is 36.5 Å². The molecule has 0 saturated carbocycles. The number of carbonyl (C=O) groups excluding carboxylic acids is 3. The minimum absolute atomic E-state index is 0.104. The summed E-state index contributed by atoms with van der Waals surface area (Å²) in [6.07, 6.45) is 69.3. The molecule has 0 amide bonds. The van der Waals surface area contributed by atoms with Crippen LogP contribution in [-0.2, 0) is 28.6 Å². The zero-order valence-electron chi connectivity index (χ0n) is 41.3. The van der Waals surface area contributed by atoms with Crippen LogP contribution >= 0.6 is 0 Å². The maximum atomic E-state index is 12.8. The third kappa shape index (κ3) is 49.1. The highest BCUT2D eigenvalue weighted by atomic mass is 16.6. The van der Waals surface area contributed by atoms with Gasteiger partial charge in [-0.3, -0.25) is 14.4 Å². The molecule has 1 atom stereocenters. The third-order valence-corrected chi connectivity index (χ3v) is 10.6. The minimum Gasteiger partial charge on any atom is -0.462 e. The van der Waals surface area contributed by atoms with Crippen LogP contribution in [-0.4, -0.2) is 37.2 Å². The molecule has 0 rings (SSSR count). The van der Waals surface area contributed by atoms with Gasteiger partial charge >= 0.3 is 17.9 Å². The van der Waals surface area contributed by atoms with Crippen molar-refractivity contribution in [3.8, 4) is 0 Å². The Hall–Kier alpha value is -3.93. The average molecular weight is 887 g/mol. The van der Waals surface area contributed by atoms with E-state index < -0.39 is 6.10 Å². The molecule has 0 fully saturated rings. The van der Waals surface area contributed by atoms with Gasteiger partial charge in [-0.2, -0.15) is 0 Å². The smallest absolute Gasteiger partial charge is 0.306 e. The normalized spacial score (nSPS) is 13.0. The predicted octanol–water partition coefficient (Wildman–Crippen LogP) is 17.1. The van der Waals surface area contributed by atoms with E-state index in [1.54, 1.807) is 0 Å². The number of unbranched alkanes of at least 4 members (excludes halogenated alkanes) is 20. The lowest BCUT2D eigenvalue weighted by atomic mass is 10.1. The number of carbonyl (C=O) groups is 3. The average Bonchev–Trinajstić information content (AvgIpc) is 3.29. The Bertz CT molecular complexity index is 1340. The summed E-state index contributed by atoms with van der Waals surface area (Å²) >= 11 is 0. The fourth-order valence-corrected chi connectivity index (χ4v) is 6.75. The van der Waals surface area contributed by atoms with Crippen LogP contribution in [0.15, 0.2) is 109 Å². The number of esters is 3. The molecule has 0 aliphatic rings. The van der Waals surface area contributed by atoms with Crippen molar-refractivity contribution < 1.29 is 28.6 Å². The Morgan fingerprint density at radius 1 is 0.344 bits per heavy atom. The zero-order chi connectivity index (χ0) is 46.5. The Balaban J connectivity index is 4.45. The number of hydrogen-bond acceptors (Lipinski definition) is 6. The van der Waals surface area contributed by atoms with Crippen LogP contribution in [0.1, 0.15) is 220 Å². The lowest BCUT2D eigenvalue weighted by molar-refractivity contribution is -0.167. The molecule has 0 aliphatic carbocycles. The summed E-state index contributed by atoms with van der Waals surface area (Å²) < 4.78 is 16.7. The topological polar surface area (TPSA) is 78.9 Å². The monoisotopic (exact) mass is 887 g/mol.